The fraction of sp³-hybridized carbons (Fsp3) is 0.538. The minimum Gasteiger partial charge on any atom is -0.413 e. The lowest BCUT2D eigenvalue weighted by atomic mass is 9.93. The molecule has 29 heavy (non-hydrogen) atoms. The second kappa shape index (κ2) is 10.3. The summed E-state index contributed by atoms with van der Waals surface area (Å²) >= 11 is 1.87. The third-order valence-corrected chi connectivity index (χ3v) is 11.7. The fourth-order valence-corrected chi connectivity index (χ4v) is 5.92. The van der Waals surface area contributed by atoms with Crippen LogP contribution in [0.2, 0.25) is 18.1 Å². The molecule has 1 aromatic carbocycles. The average molecular weight is 429 g/mol. The van der Waals surface area contributed by atoms with Crippen molar-refractivity contribution < 1.29 is 4.43 Å². The highest BCUT2D eigenvalue weighted by molar-refractivity contribution is 8.03. The smallest absolute Gasteiger partial charge is 0.192 e. The Bertz CT molecular complexity index is 738. The monoisotopic (exact) mass is 428 g/mol. The Balaban J connectivity index is 2.33. The molecule has 0 aliphatic heterocycles. The maximum atomic E-state index is 6.91. The van der Waals surface area contributed by atoms with Crippen molar-refractivity contribution in [2.45, 2.75) is 83.5 Å². The van der Waals surface area contributed by atoms with Crippen LogP contribution in [0, 0.1) is 11.8 Å². The van der Waals surface area contributed by atoms with Crippen LogP contribution >= 0.6 is 11.8 Å². The maximum Gasteiger partial charge on any atom is 0.192 e. The predicted molar refractivity (Wildman–Crippen MR) is 133 cm³/mol. The first-order valence-electron chi connectivity index (χ1n) is 11.0. The van der Waals surface area contributed by atoms with E-state index in [0.29, 0.717) is 11.8 Å². The Morgan fingerprint density at radius 3 is 2.24 bits per heavy atom. The van der Waals surface area contributed by atoms with Gasteiger partial charge in [-0.3, -0.25) is 0 Å². The van der Waals surface area contributed by atoms with E-state index in [-0.39, 0.29) is 11.1 Å². The van der Waals surface area contributed by atoms with Crippen LogP contribution < -0.4 is 0 Å². The van der Waals surface area contributed by atoms with Crippen LogP contribution in [0.5, 0.6) is 0 Å². The number of rotatable bonds is 8. The number of hydrogen-bond acceptors (Lipinski definition) is 2. The molecule has 160 valence electrons. The van der Waals surface area contributed by atoms with E-state index in [2.05, 4.69) is 109 Å². The van der Waals surface area contributed by atoms with Crippen molar-refractivity contribution in [3.63, 3.8) is 0 Å². The normalized spacial score (nSPS) is 18.0. The van der Waals surface area contributed by atoms with Gasteiger partial charge in [-0.2, -0.15) is 0 Å². The molecule has 0 fully saturated rings. The van der Waals surface area contributed by atoms with Gasteiger partial charge in [0.05, 0.1) is 6.10 Å². The van der Waals surface area contributed by atoms with Crippen LogP contribution in [0.3, 0.4) is 0 Å². The van der Waals surface area contributed by atoms with Crippen molar-refractivity contribution in [2.24, 2.45) is 11.8 Å². The quantitative estimate of drug-likeness (QED) is 0.303. The number of allylic oxidation sites excluding steroid dienone is 4. The van der Waals surface area contributed by atoms with Crippen molar-refractivity contribution in [1.82, 2.24) is 0 Å². The van der Waals surface area contributed by atoms with E-state index in [4.69, 9.17) is 4.43 Å². The lowest BCUT2D eigenvalue weighted by Crippen LogP contribution is -2.46. The summed E-state index contributed by atoms with van der Waals surface area (Å²) in [6, 6.07) is 10.7. The molecule has 2 rings (SSSR count). The molecule has 0 unspecified atom stereocenters. The summed E-state index contributed by atoms with van der Waals surface area (Å²) in [5, 5.41) is 0.222. The third-order valence-electron chi connectivity index (χ3n) is 6.08. The van der Waals surface area contributed by atoms with Gasteiger partial charge in [-0.05, 0) is 54.6 Å². The van der Waals surface area contributed by atoms with E-state index in [1.54, 1.807) is 0 Å². The van der Waals surface area contributed by atoms with Crippen molar-refractivity contribution in [3.05, 3.63) is 65.1 Å². The van der Waals surface area contributed by atoms with Crippen molar-refractivity contribution in [1.29, 1.82) is 0 Å². The van der Waals surface area contributed by atoms with Crippen molar-refractivity contribution in [3.8, 4) is 0 Å². The largest absolute Gasteiger partial charge is 0.413 e. The van der Waals surface area contributed by atoms with Crippen LogP contribution in [0.4, 0.5) is 0 Å². The summed E-state index contributed by atoms with van der Waals surface area (Å²) in [6.07, 6.45) is 11.9. The van der Waals surface area contributed by atoms with Gasteiger partial charge in [0.2, 0.25) is 0 Å². The van der Waals surface area contributed by atoms with Crippen LogP contribution in [-0.2, 0) is 4.43 Å². The number of benzene rings is 1. The summed E-state index contributed by atoms with van der Waals surface area (Å²) in [7, 11) is -1.82. The number of hydrogen-bond donors (Lipinski definition) is 0. The molecule has 1 aliphatic carbocycles. The highest BCUT2D eigenvalue weighted by Crippen LogP contribution is 2.40. The zero-order valence-corrected chi connectivity index (χ0v) is 21.5. The van der Waals surface area contributed by atoms with E-state index in [1.807, 2.05) is 11.8 Å². The molecule has 0 N–H and O–H groups in total. The Morgan fingerprint density at radius 1 is 1.07 bits per heavy atom. The molecule has 2 atom stereocenters. The molecule has 0 saturated carbocycles. The second-order valence-electron chi connectivity index (χ2n) is 10.0. The molecule has 0 amide bonds. The highest BCUT2D eigenvalue weighted by Gasteiger charge is 2.40. The first kappa shape index (κ1) is 24.2. The summed E-state index contributed by atoms with van der Waals surface area (Å²) < 4.78 is 6.91. The van der Waals surface area contributed by atoms with Gasteiger partial charge >= 0.3 is 0 Å². The van der Waals surface area contributed by atoms with Crippen molar-refractivity contribution in [2.75, 3.05) is 0 Å². The maximum absolute atomic E-state index is 6.91. The Morgan fingerprint density at radius 2 is 1.72 bits per heavy atom. The second-order valence-corrected chi connectivity index (χ2v) is 15.9. The third kappa shape index (κ3) is 7.01. The van der Waals surface area contributed by atoms with Gasteiger partial charge in [0, 0.05) is 15.7 Å². The molecule has 0 saturated heterocycles. The summed E-state index contributed by atoms with van der Waals surface area (Å²) in [5.41, 5.74) is 1.35. The number of thioether (sulfide) groups is 1. The van der Waals surface area contributed by atoms with Crippen LogP contribution in [0.25, 0.3) is 0 Å². The molecule has 1 aromatic rings. The molecular formula is C26H40OSSi. The van der Waals surface area contributed by atoms with Gasteiger partial charge < -0.3 is 4.43 Å². The van der Waals surface area contributed by atoms with Gasteiger partial charge in [0.1, 0.15) is 0 Å². The zero-order valence-electron chi connectivity index (χ0n) is 19.7. The van der Waals surface area contributed by atoms with E-state index >= 15 is 0 Å². The average Bonchev–Trinajstić information content (AvgIpc) is 2.66. The lowest BCUT2D eigenvalue weighted by molar-refractivity contribution is 0.100. The Hall–Kier alpha value is -1.03. The van der Waals surface area contributed by atoms with Crippen molar-refractivity contribution >= 4 is 20.1 Å². The van der Waals surface area contributed by atoms with E-state index in [1.165, 1.54) is 15.4 Å². The predicted octanol–water partition coefficient (Wildman–Crippen LogP) is 8.62. The van der Waals surface area contributed by atoms with Gasteiger partial charge in [0.15, 0.2) is 8.32 Å². The Kier molecular flexibility index (Phi) is 8.63. The van der Waals surface area contributed by atoms with E-state index in [0.717, 1.165) is 12.8 Å². The van der Waals surface area contributed by atoms with Gasteiger partial charge in [0.25, 0.3) is 0 Å². The molecule has 1 aliphatic rings. The molecule has 0 bridgehead atoms. The standard InChI is InChI=1S/C26H40OSSi/c1-20(2)25(27-29(7,8)26(4,5)6)21(3)19-24(22-15-11-9-12-16-22)28-23-17-13-10-14-18-23/h10-11,13-21,25H,9,12H2,1-8H3/b24-19-/t21-,25+/m0/s1. The van der Waals surface area contributed by atoms with E-state index in [9.17, 15) is 0 Å². The summed E-state index contributed by atoms with van der Waals surface area (Å²) in [4.78, 5) is 2.64. The summed E-state index contributed by atoms with van der Waals surface area (Å²) in [5.74, 6) is 0.834. The Labute approximate surface area is 184 Å². The first-order valence-corrected chi connectivity index (χ1v) is 14.7. The minimum absolute atomic E-state index is 0.222. The fourth-order valence-electron chi connectivity index (χ4n) is 3.30. The van der Waals surface area contributed by atoms with Crippen LogP contribution in [0.15, 0.2) is 70.0 Å². The molecule has 1 nitrogen and oxygen atoms in total. The van der Waals surface area contributed by atoms with Crippen LogP contribution in [-0.4, -0.2) is 14.4 Å². The highest BCUT2D eigenvalue weighted by atomic mass is 32.2. The molecule has 0 spiro atoms. The molecule has 0 radical (unpaired) electrons. The molecule has 0 heterocycles. The van der Waals surface area contributed by atoms with Gasteiger partial charge in [-0.25, -0.2) is 0 Å². The summed E-state index contributed by atoms with van der Waals surface area (Å²) in [6.45, 7) is 18.6. The molecule has 0 aromatic heterocycles. The SMILES string of the molecule is CC(C)[C@@H](O[Si](C)(C)C(C)(C)C)[C@@H](C)/C=C(\Sc1ccccc1)C1=CCCC=C1. The van der Waals surface area contributed by atoms with E-state index < -0.39 is 8.32 Å². The first-order chi connectivity index (χ1) is 13.5. The zero-order chi connectivity index (χ0) is 21.7. The van der Waals surface area contributed by atoms with Gasteiger partial charge in [-0.1, -0.05) is 95.8 Å². The topological polar surface area (TPSA) is 9.23 Å². The molecule has 3 heteroatoms. The van der Waals surface area contributed by atoms with Crippen LogP contribution in [0.1, 0.15) is 54.4 Å². The molecular weight excluding hydrogens is 388 g/mol. The minimum atomic E-state index is -1.82. The van der Waals surface area contributed by atoms with Gasteiger partial charge in [-0.15, -0.1) is 0 Å². The lowest BCUT2D eigenvalue weighted by Gasteiger charge is -2.42.